The number of benzene rings is 2. The van der Waals surface area contributed by atoms with Crippen molar-refractivity contribution in [3.05, 3.63) is 59.2 Å². The average molecular weight is 280 g/mol. The number of para-hydroxylation sites is 1. The molecule has 2 rings (SSSR count). The number of hydrogen-bond acceptors (Lipinski definition) is 3. The van der Waals surface area contributed by atoms with Crippen LogP contribution >= 0.6 is 0 Å². The van der Waals surface area contributed by atoms with Gasteiger partial charge in [-0.15, -0.1) is 0 Å². The zero-order chi connectivity index (χ0) is 15.2. The Kier molecular flexibility index (Phi) is 4.57. The highest BCUT2D eigenvalue weighted by molar-refractivity contribution is 5.92. The van der Waals surface area contributed by atoms with Crippen molar-refractivity contribution in [2.75, 3.05) is 11.9 Å². The summed E-state index contributed by atoms with van der Waals surface area (Å²) in [4.78, 5) is 11.9. The van der Waals surface area contributed by atoms with Gasteiger partial charge in [0.25, 0.3) is 5.91 Å². The maximum atomic E-state index is 11.9. The highest BCUT2D eigenvalue weighted by Crippen LogP contribution is 2.19. The molecule has 1 N–H and O–H groups in total. The van der Waals surface area contributed by atoms with Crippen molar-refractivity contribution >= 4 is 11.6 Å². The summed E-state index contributed by atoms with van der Waals surface area (Å²) in [6, 6.07) is 14.8. The first kappa shape index (κ1) is 14.6. The van der Waals surface area contributed by atoms with Crippen LogP contribution in [0.3, 0.4) is 0 Å². The van der Waals surface area contributed by atoms with Gasteiger partial charge in [0.2, 0.25) is 0 Å². The fourth-order valence-corrected chi connectivity index (χ4v) is 1.87. The minimum absolute atomic E-state index is 0.0932. The Hall–Kier alpha value is -2.80. The van der Waals surface area contributed by atoms with Crippen molar-refractivity contribution in [2.24, 2.45) is 0 Å². The van der Waals surface area contributed by atoms with E-state index in [1.165, 1.54) is 0 Å². The predicted octanol–water partition coefficient (Wildman–Crippen LogP) is 3.19. The molecule has 0 spiro atoms. The molecule has 0 aliphatic carbocycles. The maximum absolute atomic E-state index is 11.9. The second-order valence-electron chi connectivity index (χ2n) is 4.74. The average Bonchev–Trinajstić information content (AvgIpc) is 2.49. The van der Waals surface area contributed by atoms with Crippen LogP contribution in [-0.2, 0) is 4.79 Å². The van der Waals surface area contributed by atoms with Crippen LogP contribution < -0.4 is 10.1 Å². The van der Waals surface area contributed by atoms with E-state index in [2.05, 4.69) is 5.32 Å². The number of carbonyl (C=O) groups excluding carboxylic acids is 1. The van der Waals surface area contributed by atoms with E-state index in [4.69, 9.17) is 10.00 Å². The first-order chi connectivity index (χ1) is 10.1. The van der Waals surface area contributed by atoms with Gasteiger partial charge < -0.3 is 10.1 Å². The Labute approximate surface area is 124 Å². The second-order valence-corrected chi connectivity index (χ2v) is 4.74. The Morgan fingerprint density at radius 2 is 1.95 bits per heavy atom. The number of aryl methyl sites for hydroxylation is 2. The Balaban J connectivity index is 1.99. The van der Waals surface area contributed by atoms with Gasteiger partial charge in [0, 0.05) is 5.69 Å². The molecule has 21 heavy (non-hydrogen) atoms. The molecular weight excluding hydrogens is 264 g/mol. The number of nitrogens with zero attached hydrogens (tertiary/aromatic N) is 1. The lowest BCUT2D eigenvalue weighted by molar-refractivity contribution is -0.118. The molecule has 4 heteroatoms. The summed E-state index contributed by atoms with van der Waals surface area (Å²) in [5, 5.41) is 11.7. The van der Waals surface area contributed by atoms with Crippen molar-refractivity contribution in [3.63, 3.8) is 0 Å². The topological polar surface area (TPSA) is 62.1 Å². The normalized spacial score (nSPS) is 9.76. The summed E-state index contributed by atoms with van der Waals surface area (Å²) in [7, 11) is 0. The predicted molar refractivity (Wildman–Crippen MR) is 81.2 cm³/mol. The van der Waals surface area contributed by atoms with Gasteiger partial charge in [-0.05, 0) is 43.2 Å². The molecule has 0 heterocycles. The molecule has 2 aromatic carbocycles. The molecular formula is C17H16N2O2. The number of amides is 1. The molecule has 106 valence electrons. The van der Waals surface area contributed by atoms with Gasteiger partial charge in [0.15, 0.2) is 6.61 Å². The fourth-order valence-electron chi connectivity index (χ4n) is 1.87. The molecule has 0 aliphatic heterocycles. The van der Waals surface area contributed by atoms with Gasteiger partial charge in [-0.2, -0.15) is 5.26 Å². The molecule has 4 nitrogen and oxygen atoms in total. The lowest BCUT2D eigenvalue weighted by atomic mass is 10.1. The first-order valence-electron chi connectivity index (χ1n) is 6.59. The van der Waals surface area contributed by atoms with Crippen molar-refractivity contribution in [3.8, 4) is 11.8 Å². The number of rotatable bonds is 4. The molecule has 0 aromatic heterocycles. The molecule has 0 aliphatic rings. The third-order valence-electron chi connectivity index (χ3n) is 3.10. The highest BCUT2D eigenvalue weighted by atomic mass is 16.5. The number of hydrogen-bond donors (Lipinski definition) is 1. The van der Waals surface area contributed by atoms with Crippen LogP contribution in [0.25, 0.3) is 0 Å². The SMILES string of the molecule is Cc1ccccc1NC(=O)COc1cc(C#N)ccc1C. The van der Waals surface area contributed by atoms with E-state index in [0.717, 1.165) is 16.8 Å². The Bertz CT molecular complexity index is 702. The summed E-state index contributed by atoms with van der Waals surface area (Å²) in [6.07, 6.45) is 0. The second kappa shape index (κ2) is 6.58. The van der Waals surface area contributed by atoms with Crippen molar-refractivity contribution in [1.82, 2.24) is 0 Å². The molecule has 2 aromatic rings. The maximum Gasteiger partial charge on any atom is 0.262 e. The molecule has 0 atom stereocenters. The van der Waals surface area contributed by atoms with Gasteiger partial charge in [0.1, 0.15) is 5.75 Å². The standard InChI is InChI=1S/C17H16N2O2/c1-12-5-3-4-6-15(12)19-17(20)11-21-16-9-14(10-18)8-7-13(16)2/h3-9H,11H2,1-2H3,(H,19,20). The van der Waals surface area contributed by atoms with Gasteiger partial charge in [-0.25, -0.2) is 0 Å². The fraction of sp³-hybridized carbons (Fsp3) is 0.176. The zero-order valence-electron chi connectivity index (χ0n) is 12.0. The number of carbonyl (C=O) groups is 1. The van der Waals surface area contributed by atoms with Crippen LogP contribution in [0.2, 0.25) is 0 Å². The smallest absolute Gasteiger partial charge is 0.262 e. The van der Waals surface area contributed by atoms with E-state index in [0.29, 0.717) is 11.3 Å². The molecule has 0 radical (unpaired) electrons. The molecule has 0 saturated carbocycles. The van der Waals surface area contributed by atoms with Crippen LogP contribution in [-0.4, -0.2) is 12.5 Å². The molecule has 0 saturated heterocycles. The Morgan fingerprint density at radius 1 is 1.19 bits per heavy atom. The van der Waals surface area contributed by atoms with Crippen LogP contribution in [0, 0.1) is 25.2 Å². The van der Waals surface area contributed by atoms with Gasteiger partial charge >= 0.3 is 0 Å². The number of nitriles is 1. The third kappa shape index (κ3) is 3.83. The summed E-state index contributed by atoms with van der Waals surface area (Å²) in [5.41, 5.74) is 3.16. The van der Waals surface area contributed by atoms with Crippen molar-refractivity contribution in [1.29, 1.82) is 5.26 Å². The van der Waals surface area contributed by atoms with E-state index >= 15 is 0 Å². The highest BCUT2D eigenvalue weighted by Gasteiger charge is 2.07. The molecule has 0 bridgehead atoms. The van der Waals surface area contributed by atoms with E-state index in [-0.39, 0.29) is 12.5 Å². The molecule has 1 amide bonds. The van der Waals surface area contributed by atoms with Crippen molar-refractivity contribution < 1.29 is 9.53 Å². The number of anilines is 1. The van der Waals surface area contributed by atoms with Crippen LogP contribution in [0.4, 0.5) is 5.69 Å². The minimum Gasteiger partial charge on any atom is -0.483 e. The van der Waals surface area contributed by atoms with Gasteiger partial charge in [-0.3, -0.25) is 4.79 Å². The number of nitrogens with one attached hydrogen (secondary N) is 1. The summed E-state index contributed by atoms with van der Waals surface area (Å²) in [5.74, 6) is 0.319. The monoisotopic (exact) mass is 280 g/mol. The van der Waals surface area contributed by atoms with E-state index < -0.39 is 0 Å². The largest absolute Gasteiger partial charge is 0.483 e. The quantitative estimate of drug-likeness (QED) is 0.935. The van der Waals surface area contributed by atoms with Crippen LogP contribution in [0.5, 0.6) is 5.75 Å². The molecule has 0 fully saturated rings. The summed E-state index contributed by atoms with van der Waals surface area (Å²) >= 11 is 0. The zero-order valence-corrected chi connectivity index (χ0v) is 12.0. The molecule has 0 unspecified atom stereocenters. The first-order valence-corrected chi connectivity index (χ1v) is 6.59. The van der Waals surface area contributed by atoms with E-state index in [1.54, 1.807) is 18.2 Å². The third-order valence-corrected chi connectivity index (χ3v) is 3.10. The van der Waals surface area contributed by atoms with Gasteiger partial charge in [-0.1, -0.05) is 24.3 Å². The minimum atomic E-state index is -0.230. The lowest BCUT2D eigenvalue weighted by Gasteiger charge is -2.11. The number of ether oxygens (including phenoxy) is 1. The van der Waals surface area contributed by atoms with E-state index in [1.807, 2.05) is 44.2 Å². The van der Waals surface area contributed by atoms with Gasteiger partial charge in [0.05, 0.1) is 11.6 Å². The Morgan fingerprint density at radius 3 is 2.67 bits per heavy atom. The van der Waals surface area contributed by atoms with E-state index in [9.17, 15) is 4.79 Å². The van der Waals surface area contributed by atoms with Crippen LogP contribution in [0.15, 0.2) is 42.5 Å². The van der Waals surface area contributed by atoms with Crippen molar-refractivity contribution in [2.45, 2.75) is 13.8 Å². The van der Waals surface area contributed by atoms with Crippen LogP contribution in [0.1, 0.15) is 16.7 Å². The summed E-state index contributed by atoms with van der Waals surface area (Å²) in [6.45, 7) is 3.71. The lowest BCUT2D eigenvalue weighted by Crippen LogP contribution is -2.20. The summed E-state index contributed by atoms with van der Waals surface area (Å²) < 4.78 is 5.49.